The Bertz CT molecular complexity index is 767. The number of nitrogens with one attached hydrogen (secondary N) is 1. The number of non-ortho nitro benzene ring substituents is 1. The Labute approximate surface area is 134 Å². The van der Waals surface area contributed by atoms with Crippen molar-refractivity contribution in [2.75, 3.05) is 5.32 Å². The summed E-state index contributed by atoms with van der Waals surface area (Å²) in [4.78, 5) is 21.7. The summed E-state index contributed by atoms with van der Waals surface area (Å²) < 4.78 is 37.3. The van der Waals surface area contributed by atoms with Gasteiger partial charge in [-0.05, 0) is 48.0 Å². The first-order valence-corrected chi connectivity index (χ1v) is 6.66. The van der Waals surface area contributed by atoms with Gasteiger partial charge < -0.3 is 5.32 Å². The van der Waals surface area contributed by atoms with E-state index in [0.717, 1.165) is 24.3 Å². The zero-order chi connectivity index (χ0) is 17.7. The lowest BCUT2D eigenvalue weighted by atomic mass is 10.2. The van der Waals surface area contributed by atoms with Gasteiger partial charge in [0.1, 0.15) is 0 Å². The van der Waals surface area contributed by atoms with Gasteiger partial charge in [-0.3, -0.25) is 14.9 Å². The second-order valence-corrected chi connectivity index (χ2v) is 4.75. The molecule has 1 amide bonds. The molecule has 0 aromatic heterocycles. The van der Waals surface area contributed by atoms with Crippen LogP contribution in [0.5, 0.6) is 0 Å². The zero-order valence-electron chi connectivity index (χ0n) is 12.1. The number of carbonyl (C=O) groups excluding carboxylic acids is 1. The maximum absolute atomic E-state index is 12.4. The number of nitro groups is 1. The Morgan fingerprint density at radius 1 is 1.04 bits per heavy atom. The first kappa shape index (κ1) is 17.2. The van der Waals surface area contributed by atoms with E-state index in [1.165, 1.54) is 36.4 Å². The SMILES string of the molecule is O=C(/C=C/c1ccc([N+](=O)[O-])cc1)Nc1ccc(C(F)(F)F)cc1. The van der Waals surface area contributed by atoms with Gasteiger partial charge in [0.15, 0.2) is 0 Å². The van der Waals surface area contributed by atoms with Gasteiger partial charge >= 0.3 is 6.18 Å². The fourth-order valence-corrected chi connectivity index (χ4v) is 1.81. The topological polar surface area (TPSA) is 72.2 Å². The number of rotatable bonds is 4. The number of hydrogen-bond acceptors (Lipinski definition) is 3. The predicted molar refractivity (Wildman–Crippen MR) is 82.2 cm³/mol. The normalized spacial score (nSPS) is 11.5. The highest BCUT2D eigenvalue weighted by atomic mass is 19.4. The number of alkyl halides is 3. The lowest BCUT2D eigenvalue weighted by molar-refractivity contribution is -0.384. The molecule has 0 saturated heterocycles. The first-order chi connectivity index (χ1) is 11.3. The van der Waals surface area contributed by atoms with Crippen LogP contribution < -0.4 is 5.32 Å². The molecule has 5 nitrogen and oxygen atoms in total. The van der Waals surface area contributed by atoms with Crippen molar-refractivity contribution in [2.24, 2.45) is 0 Å². The number of halogens is 3. The molecule has 0 aliphatic heterocycles. The molecule has 0 fully saturated rings. The molecule has 8 heteroatoms. The molecule has 0 aliphatic rings. The van der Waals surface area contributed by atoms with Gasteiger partial charge in [0.2, 0.25) is 5.91 Å². The van der Waals surface area contributed by atoms with Crippen LogP contribution >= 0.6 is 0 Å². The molecule has 0 atom stereocenters. The van der Waals surface area contributed by atoms with E-state index in [-0.39, 0.29) is 11.4 Å². The van der Waals surface area contributed by atoms with E-state index in [9.17, 15) is 28.1 Å². The second kappa shape index (κ2) is 6.95. The predicted octanol–water partition coefficient (Wildman–Crippen LogP) is 4.27. The molecule has 0 saturated carbocycles. The molecule has 2 aromatic carbocycles. The van der Waals surface area contributed by atoms with E-state index in [1.807, 2.05) is 0 Å². The number of hydrogen-bond donors (Lipinski definition) is 1. The number of nitrogens with zero attached hydrogens (tertiary/aromatic N) is 1. The van der Waals surface area contributed by atoms with Crippen LogP contribution in [0, 0.1) is 10.1 Å². The van der Waals surface area contributed by atoms with Gasteiger partial charge in [-0.25, -0.2) is 0 Å². The molecule has 1 N–H and O–H groups in total. The minimum absolute atomic E-state index is 0.0682. The smallest absolute Gasteiger partial charge is 0.323 e. The van der Waals surface area contributed by atoms with Crippen molar-refractivity contribution in [1.29, 1.82) is 0 Å². The summed E-state index contributed by atoms with van der Waals surface area (Å²) >= 11 is 0. The summed E-state index contributed by atoms with van der Waals surface area (Å²) in [6.45, 7) is 0. The Hall–Kier alpha value is -3.16. The van der Waals surface area contributed by atoms with Gasteiger partial charge in [-0.1, -0.05) is 0 Å². The van der Waals surface area contributed by atoms with Gasteiger partial charge in [-0.2, -0.15) is 13.2 Å². The largest absolute Gasteiger partial charge is 0.416 e. The van der Waals surface area contributed by atoms with E-state index in [2.05, 4.69) is 5.32 Å². The van der Waals surface area contributed by atoms with E-state index in [1.54, 1.807) is 0 Å². The van der Waals surface area contributed by atoms with Gasteiger partial charge in [-0.15, -0.1) is 0 Å². The van der Waals surface area contributed by atoms with Crippen molar-refractivity contribution < 1.29 is 22.9 Å². The highest BCUT2D eigenvalue weighted by Crippen LogP contribution is 2.29. The summed E-state index contributed by atoms with van der Waals surface area (Å²) in [5, 5.41) is 12.9. The summed E-state index contributed by atoms with van der Waals surface area (Å²) in [5.41, 5.74) is -0.0761. The summed E-state index contributed by atoms with van der Waals surface area (Å²) in [6.07, 6.45) is -1.82. The van der Waals surface area contributed by atoms with Gasteiger partial charge in [0, 0.05) is 23.9 Å². The average molecular weight is 336 g/mol. The quantitative estimate of drug-likeness (QED) is 0.515. The maximum Gasteiger partial charge on any atom is 0.416 e. The molecule has 24 heavy (non-hydrogen) atoms. The third-order valence-corrected chi connectivity index (χ3v) is 3.01. The number of nitro benzene ring substituents is 1. The average Bonchev–Trinajstić information content (AvgIpc) is 2.53. The van der Waals surface area contributed by atoms with E-state index < -0.39 is 22.6 Å². The van der Waals surface area contributed by atoms with Crippen LogP contribution in [-0.2, 0) is 11.0 Å². The standard InChI is InChI=1S/C16H11F3N2O3/c17-16(18,19)12-4-6-13(7-5-12)20-15(22)10-3-11-1-8-14(9-2-11)21(23)24/h1-10H,(H,20,22)/b10-3+. The number of anilines is 1. The third kappa shape index (κ3) is 4.67. The van der Waals surface area contributed by atoms with Crippen LogP contribution in [0.15, 0.2) is 54.6 Å². The van der Waals surface area contributed by atoms with Crippen LogP contribution in [0.1, 0.15) is 11.1 Å². The maximum atomic E-state index is 12.4. The molecule has 2 aromatic rings. The lowest BCUT2D eigenvalue weighted by Gasteiger charge is -2.07. The minimum atomic E-state index is -4.43. The zero-order valence-corrected chi connectivity index (χ0v) is 12.1. The summed E-state index contributed by atoms with van der Waals surface area (Å²) in [5.74, 6) is -0.534. The molecule has 0 bridgehead atoms. The highest BCUT2D eigenvalue weighted by Gasteiger charge is 2.29. The van der Waals surface area contributed by atoms with Crippen LogP contribution in [0.25, 0.3) is 6.08 Å². The Morgan fingerprint density at radius 3 is 2.12 bits per heavy atom. The fraction of sp³-hybridized carbons (Fsp3) is 0.0625. The molecule has 124 valence electrons. The van der Waals surface area contributed by atoms with Crippen LogP contribution in [0.3, 0.4) is 0 Å². The van der Waals surface area contributed by atoms with Crippen molar-refractivity contribution in [1.82, 2.24) is 0 Å². The Kier molecular flexibility index (Phi) is 4.98. The van der Waals surface area contributed by atoms with Crippen LogP contribution in [0.4, 0.5) is 24.5 Å². The van der Waals surface area contributed by atoms with Crippen LogP contribution in [-0.4, -0.2) is 10.8 Å². The molecular formula is C16H11F3N2O3. The molecular weight excluding hydrogens is 325 g/mol. The van der Waals surface area contributed by atoms with Gasteiger partial charge in [0.05, 0.1) is 10.5 Å². The third-order valence-electron chi connectivity index (χ3n) is 3.01. The second-order valence-electron chi connectivity index (χ2n) is 4.75. The molecule has 0 radical (unpaired) electrons. The lowest BCUT2D eigenvalue weighted by Crippen LogP contribution is -2.09. The molecule has 0 aliphatic carbocycles. The Balaban J connectivity index is 1.98. The van der Waals surface area contributed by atoms with Crippen molar-refractivity contribution >= 4 is 23.4 Å². The molecule has 0 heterocycles. The molecule has 0 unspecified atom stereocenters. The fourth-order valence-electron chi connectivity index (χ4n) is 1.81. The van der Waals surface area contributed by atoms with Crippen molar-refractivity contribution in [2.45, 2.75) is 6.18 Å². The Morgan fingerprint density at radius 2 is 1.62 bits per heavy atom. The number of benzene rings is 2. The van der Waals surface area contributed by atoms with Crippen LogP contribution in [0.2, 0.25) is 0 Å². The van der Waals surface area contributed by atoms with Crippen molar-refractivity contribution in [3.8, 4) is 0 Å². The highest BCUT2D eigenvalue weighted by molar-refractivity contribution is 6.01. The van der Waals surface area contributed by atoms with E-state index >= 15 is 0 Å². The van der Waals surface area contributed by atoms with E-state index in [4.69, 9.17) is 0 Å². The monoisotopic (exact) mass is 336 g/mol. The molecule has 2 rings (SSSR count). The number of carbonyl (C=O) groups is 1. The minimum Gasteiger partial charge on any atom is -0.323 e. The summed E-state index contributed by atoms with van der Waals surface area (Å²) in [7, 11) is 0. The van der Waals surface area contributed by atoms with Gasteiger partial charge in [0.25, 0.3) is 5.69 Å². The first-order valence-electron chi connectivity index (χ1n) is 6.66. The van der Waals surface area contributed by atoms with Crippen molar-refractivity contribution in [3.63, 3.8) is 0 Å². The summed E-state index contributed by atoms with van der Waals surface area (Å²) in [6, 6.07) is 9.59. The number of amides is 1. The van der Waals surface area contributed by atoms with Crippen molar-refractivity contribution in [3.05, 3.63) is 75.8 Å². The molecule has 0 spiro atoms. The van der Waals surface area contributed by atoms with E-state index in [0.29, 0.717) is 5.56 Å².